The standard InChI is InChI=1S/C10H11N3OS3/c1-15-9-12-13-10(17-9)16-5-6-4-7(11)2-3-8(6)14/h2-4,14H,5,11H2,1H3. The van der Waals surface area contributed by atoms with Gasteiger partial charge in [-0.1, -0.05) is 34.9 Å². The van der Waals surface area contributed by atoms with Gasteiger partial charge >= 0.3 is 0 Å². The number of nitrogen functional groups attached to an aromatic ring is 1. The number of rotatable bonds is 4. The molecule has 0 amide bonds. The van der Waals surface area contributed by atoms with Crippen molar-refractivity contribution in [1.82, 2.24) is 10.2 Å². The summed E-state index contributed by atoms with van der Waals surface area (Å²) in [6, 6.07) is 5.07. The van der Waals surface area contributed by atoms with Gasteiger partial charge in [0.25, 0.3) is 0 Å². The molecule has 0 radical (unpaired) electrons. The zero-order valence-electron chi connectivity index (χ0n) is 9.08. The second-order valence-corrected chi connectivity index (χ2v) is 6.47. The van der Waals surface area contributed by atoms with E-state index in [1.54, 1.807) is 53.1 Å². The van der Waals surface area contributed by atoms with Gasteiger partial charge in [0.2, 0.25) is 0 Å². The summed E-state index contributed by atoms with van der Waals surface area (Å²) in [5.74, 6) is 0.904. The van der Waals surface area contributed by atoms with Gasteiger partial charge in [-0.3, -0.25) is 0 Å². The number of hydrogen-bond acceptors (Lipinski definition) is 7. The first kappa shape index (κ1) is 12.5. The molecular weight excluding hydrogens is 274 g/mol. The molecule has 0 saturated carbocycles. The first-order valence-corrected chi connectivity index (χ1v) is 7.79. The number of hydrogen-bond donors (Lipinski definition) is 2. The lowest BCUT2D eigenvalue weighted by atomic mass is 10.2. The van der Waals surface area contributed by atoms with Crippen molar-refractivity contribution in [1.29, 1.82) is 0 Å². The third-order valence-electron chi connectivity index (χ3n) is 2.02. The molecule has 2 aromatic rings. The minimum Gasteiger partial charge on any atom is -0.508 e. The SMILES string of the molecule is CSc1nnc(SCc2cc(N)ccc2O)s1. The Bertz CT molecular complexity index is 515. The first-order valence-electron chi connectivity index (χ1n) is 4.76. The van der Waals surface area contributed by atoms with Crippen molar-refractivity contribution < 1.29 is 5.11 Å². The molecule has 0 fully saturated rings. The van der Waals surface area contributed by atoms with E-state index in [4.69, 9.17) is 5.73 Å². The molecule has 0 atom stereocenters. The number of aromatic nitrogens is 2. The van der Waals surface area contributed by atoms with Crippen LogP contribution in [0.15, 0.2) is 26.9 Å². The highest BCUT2D eigenvalue weighted by Crippen LogP contribution is 2.32. The van der Waals surface area contributed by atoms with E-state index in [0.29, 0.717) is 11.4 Å². The maximum Gasteiger partial charge on any atom is 0.175 e. The fourth-order valence-electron chi connectivity index (χ4n) is 1.20. The lowest BCUT2D eigenvalue weighted by Gasteiger charge is -2.03. The van der Waals surface area contributed by atoms with Crippen LogP contribution in [0.2, 0.25) is 0 Å². The van der Waals surface area contributed by atoms with Crippen molar-refractivity contribution in [3.8, 4) is 5.75 Å². The molecule has 0 spiro atoms. The average Bonchev–Trinajstić information content (AvgIpc) is 2.78. The van der Waals surface area contributed by atoms with Gasteiger partial charge in [-0.05, 0) is 24.5 Å². The van der Waals surface area contributed by atoms with E-state index in [1.165, 1.54) is 0 Å². The summed E-state index contributed by atoms with van der Waals surface area (Å²) in [5.41, 5.74) is 7.14. The smallest absolute Gasteiger partial charge is 0.175 e. The molecule has 4 nitrogen and oxygen atoms in total. The number of phenolic OH excluding ortho intramolecular Hbond substituents is 1. The fourth-order valence-corrected chi connectivity index (χ4v) is 3.62. The van der Waals surface area contributed by atoms with Crippen molar-refractivity contribution in [2.75, 3.05) is 12.0 Å². The molecule has 1 heterocycles. The molecule has 17 heavy (non-hydrogen) atoms. The van der Waals surface area contributed by atoms with Gasteiger partial charge in [0.15, 0.2) is 8.68 Å². The van der Waals surface area contributed by atoms with E-state index < -0.39 is 0 Å². The summed E-state index contributed by atoms with van der Waals surface area (Å²) >= 11 is 4.68. The molecule has 90 valence electrons. The minimum atomic E-state index is 0.265. The summed E-state index contributed by atoms with van der Waals surface area (Å²) in [5, 5.41) is 17.7. The lowest BCUT2D eigenvalue weighted by Crippen LogP contribution is -1.88. The average molecular weight is 285 g/mol. The van der Waals surface area contributed by atoms with Gasteiger partial charge in [0, 0.05) is 17.0 Å². The van der Waals surface area contributed by atoms with Crippen LogP contribution >= 0.6 is 34.9 Å². The number of phenols is 1. The summed E-state index contributed by atoms with van der Waals surface area (Å²) in [7, 11) is 0. The van der Waals surface area contributed by atoms with Crippen molar-refractivity contribution >= 4 is 40.5 Å². The van der Waals surface area contributed by atoms with E-state index in [1.807, 2.05) is 6.26 Å². The normalized spacial score (nSPS) is 10.6. The van der Waals surface area contributed by atoms with Crippen LogP contribution < -0.4 is 5.73 Å². The predicted molar refractivity (Wildman–Crippen MR) is 73.8 cm³/mol. The Morgan fingerprint density at radius 1 is 1.35 bits per heavy atom. The van der Waals surface area contributed by atoms with Gasteiger partial charge < -0.3 is 10.8 Å². The molecule has 0 saturated heterocycles. The summed E-state index contributed by atoms with van der Waals surface area (Å²) in [4.78, 5) is 0. The molecule has 0 unspecified atom stereocenters. The van der Waals surface area contributed by atoms with E-state index in [-0.39, 0.29) is 5.75 Å². The van der Waals surface area contributed by atoms with Gasteiger partial charge in [-0.2, -0.15) is 0 Å². The number of anilines is 1. The van der Waals surface area contributed by atoms with Crippen LogP contribution in [0.5, 0.6) is 5.75 Å². The molecule has 0 aliphatic rings. The van der Waals surface area contributed by atoms with E-state index >= 15 is 0 Å². The molecular formula is C10H11N3OS3. The van der Waals surface area contributed by atoms with E-state index in [0.717, 1.165) is 14.2 Å². The van der Waals surface area contributed by atoms with Crippen LogP contribution in [0.1, 0.15) is 5.56 Å². The molecule has 1 aromatic carbocycles. The highest BCUT2D eigenvalue weighted by atomic mass is 32.2. The van der Waals surface area contributed by atoms with E-state index in [9.17, 15) is 5.11 Å². The second-order valence-electron chi connectivity index (χ2n) is 3.21. The lowest BCUT2D eigenvalue weighted by molar-refractivity contribution is 0.471. The van der Waals surface area contributed by atoms with Crippen LogP contribution in [0, 0.1) is 0 Å². The van der Waals surface area contributed by atoms with E-state index in [2.05, 4.69) is 10.2 Å². The van der Waals surface area contributed by atoms with Crippen LogP contribution in [0.4, 0.5) is 5.69 Å². The molecule has 0 aliphatic heterocycles. The van der Waals surface area contributed by atoms with Crippen LogP contribution in [-0.4, -0.2) is 21.6 Å². The molecule has 1 aromatic heterocycles. The highest BCUT2D eigenvalue weighted by molar-refractivity contribution is 8.02. The van der Waals surface area contributed by atoms with Crippen molar-refractivity contribution in [2.24, 2.45) is 0 Å². The Hall–Kier alpha value is -0.920. The van der Waals surface area contributed by atoms with Crippen molar-refractivity contribution in [3.05, 3.63) is 23.8 Å². The topological polar surface area (TPSA) is 72.0 Å². The second kappa shape index (κ2) is 5.61. The van der Waals surface area contributed by atoms with Crippen LogP contribution in [0.3, 0.4) is 0 Å². The fraction of sp³-hybridized carbons (Fsp3) is 0.200. The molecule has 7 heteroatoms. The quantitative estimate of drug-likeness (QED) is 0.511. The number of nitrogens with zero attached hydrogens (tertiary/aromatic N) is 2. The largest absolute Gasteiger partial charge is 0.508 e. The molecule has 3 N–H and O–H groups in total. The Morgan fingerprint density at radius 3 is 2.82 bits per heavy atom. The van der Waals surface area contributed by atoms with Crippen molar-refractivity contribution in [3.63, 3.8) is 0 Å². The minimum absolute atomic E-state index is 0.265. The number of benzene rings is 1. The van der Waals surface area contributed by atoms with Gasteiger partial charge in [0.05, 0.1) is 0 Å². The Balaban J connectivity index is 2.04. The maximum atomic E-state index is 9.66. The number of nitrogens with two attached hydrogens (primary N) is 1. The van der Waals surface area contributed by atoms with Gasteiger partial charge in [-0.25, -0.2) is 0 Å². The highest BCUT2D eigenvalue weighted by Gasteiger charge is 2.07. The monoisotopic (exact) mass is 285 g/mol. The van der Waals surface area contributed by atoms with Crippen LogP contribution in [0.25, 0.3) is 0 Å². The molecule has 0 bridgehead atoms. The number of thioether (sulfide) groups is 2. The maximum absolute atomic E-state index is 9.66. The van der Waals surface area contributed by atoms with Crippen LogP contribution in [-0.2, 0) is 5.75 Å². The summed E-state index contributed by atoms with van der Waals surface area (Å²) in [6.07, 6.45) is 1.97. The third-order valence-corrected chi connectivity index (χ3v) is 5.10. The zero-order chi connectivity index (χ0) is 12.3. The Kier molecular flexibility index (Phi) is 4.14. The van der Waals surface area contributed by atoms with Crippen molar-refractivity contribution in [2.45, 2.75) is 14.4 Å². The Labute approximate surface area is 112 Å². The predicted octanol–water partition coefficient (Wildman–Crippen LogP) is 2.84. The Morgan fingerprint density at radius 2 is 2.12 bits per heavy atom. The number of aromatic hydroxyl groups is 1. The molecule has 0 aliphatic carbocycles. The first-order chi connectivity index (χ1) is 8.19. The van der Waals surface area contributed by atoms with Gasteiger partial charge in [-0.15, -0.1) is 10.2 Å². The molecule has 2 rings (SSSR count). The summed E-state index contributed by atoms with van der Waals surface area (Å²) in [6.45, 7) is 0. The van der Waals surface area contributed by atoms with Gasteiger partial charge in [0.1, 0.15) is 5.75 Å². The zero-order valence-corrected chi connectivity index (χ0v) is 11.5. The summed E-state index contributed by atoms with van der Waals surface area (Å²) < 4.78 is 1.85. The third kappa shape index (κ3) is 3.27.